The van der Waals surface area contributed by atoms with Gasteiger partial charge in [0.1, 0.15) is 5.75 Å². The van der Waals surface area contributed by atoms with E-state index < -0.39 is 0 Å². The highest BCUT2D eigenvalue weighted by Gasteiger charge is 2.18. The van der Waals surface area contributed by atoms with E-state index in [-0.39, 0.29) is 0 Å². The van der Waals surface area contributed by atoms with Gasteiger partial charge in [-0.15, -0.1) is 0 Å². The van der Waals surface area contributed by atoms with Gasteiger partial charge in [0.25, 0.3) is 0 Å². The van der Waals surface area contributed by atoms with Gasteiger partial charge in [0.05, 0.1) is 18.3 Å². The Bertz CT molecular complexity index is 831. The Hall–Kier alpha value is -2.55. The lowest BCUT2D eigenvalue weighted by molar-refractivity contribution is 0.112. The molecule has 0 fully saturated rings. The summed E-state index contributed by atoms with van der Waals surface area (Å²) in [5.74, 6) is 1.13. The van der Waals surface area contributed by atoms with Crippen molar-refractivity contribution >= 4 is 17.2 Å². The Kier molecular flexibility index (Phi) is 3.72. The molecule has 22 heavy (non-hydrogen) atoms. The number of H-pyrrole nitrogens is 1. The van der Waals surface area contributed by atoms with E-state index in [0.29, 0.717) is 11.5 Å². The van der Waals surface area contributed by atoms with Crippen LogP contribution in [0.5, 0.6) is 5.75 Å². The topological polar surface area (TPSA) is 42.1 Å². The number of carbonyl (C=O) groups excluding carboxylic acids is 1. The van der Waals surface area contributed by atoms with E-state index in [1.54, 1.807) is 7.11 Å². The Balaban J connectivity index is 2.35. The smallest absolute Gasteiger partial charge is 0.152 e. The first kappa shape index (κ1) is 14.4. The van der Waals surface area contributed by atoms with E-state index >= 15 is 0 Å². The molecule has 3 rings (SSSR count). The molecule has 0 unspecified atom stereocenters. The summed E-state index contributed by atoms with van der Waals surface area (Å²) in [6.45, 7) is 4.30. The zero-order valence-electron chi connectivity index (χ0n) is 13.0. The van der Waals surface area contributed by atoms with Crippen molar-refractivity contribution in [3.8, 4) is 17.0 Å². The van der Waals surface area contributed by atoms with Crippen molar-refractivity contribution in [2.75, 3.05) is 7.11 Å². The third-order valence-electron chi connectivity index (χ3n) is 4.02. The molecule has 0 amide bonds. The van der Waals surface area contributed by atoms with Crippen LogP contribution >= 0.6 is 0 Å². The number of aldehydes is 1. The number of methoxy groups -OCH3 is 1. The van der Waals surface area contributed by atoms with Crippen LogP contribution in [0.4, 0.5) is 0 Å². The van der Waals surface area contributed by atoms with Crippen molar-refractivity contribution in [3.05, 3.63) is 53.6 Å². The van der Waals surface area contributed by atoms with Crippen LogP contribution in [0, 0.1) is 0 Å². The maximum absolute atomic E-state index is 11.7. The van der Waals surface area contributed by atoms with Crippen molar-refractivity contribution in [2.24, 2.45) is 0 Å². The summed E-state index contributed by atoms with van der Waals surface area (Å²) in [6.07, 6.45) is 0.921. The zero-order chi connectivity index (χ0) is 15.7. The minimum atomic E-state index is 0.382. The molecule has 0 spiro atoms. The molecular formula is C19H19NO2. The second-order valence-corrected chi connectivity index (χ2v) is 5.66. The standard InChI is InChI=1S/C19H19NO2/c1-12(2)13-8-6-9-14-16(11-21)19(20-18(13)14)15-7-4-5-10-17(15)22-3/h4-12,20H,1-3H3. The van der Waals surface area contributed by atoms with Gasteiger partial charge in [0, 0.05) is 16.5 Å². The number of aromatic nitrogens is 1. The first-order valence-corrected chi connectivity index (χ1v) is 7.40. The Labute approximate surface area is 129 Å². The lowest BCUT2D eigenvalue weighted by Crippen LogP contribution is -1.90. The van der Waals surface area contributed by atoms with Crippen LogP contribution in [-0.2, 0) is 0 Å². The maximum atomic E-state index is 11.7. The minimum Gasteiger partial charge on any atom is -0.496 e. The number of nitrogens with one attached hydrogen (secondary N) is 1. The van der Waals surface area contributed by atoms with Crippen molar-refractivity contribution in [2.45, 2.75) is 19.8 Å². The number of aromatic amines is 1. The summed E-state index contributed by atoms with van der Waals surface area (Å²) >= 11 is 0. The van der Waals surface area contributed by atoms with Gasteiger partial charge in [0.15, 0.2) is 6.29 Å². The van der Waals surface area contributed by atoms with Crippen molar-refractivity contribution in [1.29, 1.82) is 0 Å². The molecule has 2 aromatic carbocycles. The van der Waals surface area contributed by atoms with E-state index in [0.717, 1.165) is 34.2 Å². The lowest BCUT2D eigenvalue weighted by Gasteiger charge is -2.07. The van der Waals surface area contributed by atoms with Gasteiger partial charge >= 0.3 is 0 Å². The molecule has 0 atom stereocenters. The maximum Gasteiger partial charge on any atom is 0.152 e. The summed E-state index contributed by atoms with van der Waals surface area (Å²) in [5.41, 5.74) is 4.64. The molecule has 0 saturated heterocycles. The third kappa shape index (κ3) is 2.19. The van der Waals surface area contributed by atoms with E-state index in [1.807, 2.05) is 36.4 Å². The van der Waals surface area contributed by atoms with Crippen molar-refractivity contribution in [1.82, 2.24) is 4.98 Å². The Morgan fingerprint density at radius 3 is 2.55 bits per heavy atom. The molecule has 1 N–H and O–H groups in total. The molecular weight excluding hydrogens is 274 g/mol. The number of fused-ring (bicyclic) bond motifs is 1. The first-order valence-electron chi connectivity index (χ1n) is 7.40. The molecule has 0 aliphatic carbocycles. The van der Waals surface area contributed by atoms with E-state index in [2.05, 4.69) is 24.9 Å². The van der Waals surface area contributed by atoms with Gasteiger partial charge in [-0.2, -0.15) is 0 Å². The predicted molar refractivity (Wildman–Crippen MR) is 89.8 cm³/mol. The summed E-state index contributed by atoms with van der Waals surface area (Å²) in [4.78, 5) is 15.1. The SMILES string of the molecule is COc1ccccc1-c1[nH]c2c(C(C)C)cccc2c1C=O. The monoisotopic (exact) mass is 293 g/mol. The summed E-state index contributed by atoms with van der Waals surface area (Å²) in [5, 5.41) is 0.960. The Morgan fingerprint density at radius 2 is 1.86 bits per heavy atom. The fourth-order valence-electron chi connectivity index (χ4n) is 2.93. The largest absolute Gasteiger partial charge is 0.496 e. The quantitative estimate of drug-likeness (QED) is 0.703. The Morgan fingerprint density at radius 1 is 1.09 bits per heavy atom. The van der Waals surface area contributed by atoms with Crippen molar-refractivity contribution in [3.63, 3.8) is 0 Å². The van der Waals surface area contributed by atoms with Gasteiger partial charge in [-0.05, 0) is 23.6 Å². The number of benzene rings is 2. The molecule has 0 aliphatic rings. The molecule has 0 saturated carbocycles. The van der Waals surface area contributed by atoms with Crippen LogP contribution in [0.3, 0.4) is 0 Å². The molecule has 3 heteroatoms. The molecule has 3 aromatic rings. The number of ether oxygens (including phenoxy) is 1. The normalized spacial score (nSPS) is 11.1. The molecule has 3 nitrogen and oxygen atoms in total. The summed E-state index contributed by atoms with van der Waals surface area (Å²) < 4.78 is 5.44. The molecule has 0 aliphatic heterocycles. The van der Waals surface area contributed by atoms with Crippen LogP contribution in [0.2, 0.25) is 0 Å². The number of carbonyl (C=O) groups is 1. The second-order valence-electron chi connectivity index (χ2n) is 5.66. The van der Waals surface area contributed by atoms with Gasteiger partial charge < -0.3 is 9.72 Å². The van der Waals surface area contributed by atoms with E-state index in [1.165, 1.54) is 5.56 Å². The fraction of sp³-hybridized carbons (Fsp3) is 0.211. The average molecular weight is 293 g/mol. The molecule has 1 aromatic heterocycles. The average Bonchev–Trinajstić information content (AvgIpc) is 2.92. The highest BCUT2D eigenvalue weighted by Crippen LogP contribution is 2.36. The number of hydrogen-bond donors (Lipinski definition) is 1. The van der Waals surface area contributed by atoms with Gasteiger partial charge in [-0.25, -0.2) is 0 Å². The van der Waals surface area contributed by atoms with Crippen LogP contribution < -0.4 is 4.74 Å². The van der Waals surface area contributed by atoms with Crippen molar-refractivity contribution < 1.29 is 9.53 Å². The highest BCUT2D eigenvalue weighted by atomic mass is 16.5. The van der Waals surface area contributed by atoms with Crippen LogP contribution in [0.25, 0.3) is 22.2 Å². The number of para-hydroxylation sites is 2. The molecule has 112 valence electrons. The number of rotatable bonds is 4. The predicted octanol–water partition coefficient (Wildman–Crippen LogP) is 4.78. The van der Waals surface area contributed by atoms with Crippen LogP contribution in [0.1, 0.15) is 35.7 Å². The van der Waals surface area contributed by atoms with E-state index in [9.17, 15) is 4.79 Å². The molecule has 1 heterocycles. The zero-order valence-corrected chi connectivity index (χ0v) is 13.0. The molecule has 0 bridgehead atoms. The first-order chi connectivity index (χ1) is 10.7. The minimum absolute atomic E-state index is 0.382. The summed E-state index contributed by atoms with van der Waals surface area (Å²) in [7, 11) is 1.64. The molecule has 0 radical (unpaired) electrons. The second kappa shape index (κ2) is 5.68. The van der Waals surface area contributed by atoms with Gasteiger partial charge in [-0.3, -0.25) is 4.79 Å². The van der Waals surface area contributed by atoms with E-state index in [4.69, 9.17) is 4.74 Å². The highest BCUT2D eigenvalue weighted by molar-refractivity contribution is 6.05. The van der Waals surface area contributed by atoms with Gasteiger partial charge in [0.2, 0.25) is 0 Å². The fourth-order valence-corrected chi connectivity index (χ4v) is 2.93. The summed E-state index contributed by atoms with van der Waals surface area (Å²) in [6, 6.07) is 13.8. The van der Waals surface area contributed by atoms with Crippen LogP contribution in [-0.4, -0.2) is 18.4 Å². The third-order valence-corrected chi connectivity index (χ3v) is 4.02. The number of hydrogen-bond acceptors (Lipinski definition) is 2. The van der Waals surface area contributed by atoms with Gasteiger partial charge in [-0.1, -0.05) is 44.2 Å². The lowest BCUT2D eigenvalue weighted by atomic mass is 9.99. The van der Waals surface area contributed by atoms with Crippen LogP contribution in [0.15, 0.2) is 42.5 Å².